The maximum absolute atomic E-state index is 14.1. The lowest BCUT2D eigenvalue weighted by Gasteiger charge is -2.37. The summed E-state index contributed by atoms with van der Waals surface area (Å²) in [5.41, 5.74) is 0.499. The average molecular weight is 312 g/mol. The molecule has 3 rings (SSSR count). The van der Waals surface area contributed by atoms with Crippen LogP contribution in [0.2, 0.25) is 0 Å². The van der Waals surface area contributed by atoms with Crippen LogP contribution in [0.15, 0.2) is 18.2 Å². The molecule has 0 saturated carbocycles. The molecule has 1 aromatic carbocycles. The van der Waals surface area contributed by atoms with Gasteiger partial charge in [-0.1, -0.05) is 6.07 Å². The smallest absolute Gasteiger partial charge is 0.165 e. The van der Waals surface area contributed by atoms with E-state index in [2.05, 4.69) is 0 Å². The van der Waals surface area contributed by atoms with Crippen molar-refractivity contribution in [3.8, 4) is 5.75 Å². The van der Waals surface area contributed by atoms with Crippen molar-refractivity contribution in [1.29, 1.82) is 0 Å². The minimum atomic E-state index is -0.671. The number of halogens is 1. The predicted octanol–water partition coefficient (Wildman–Crippen LogP) is 3.31. The number of rotatable bonds is 3. The zero-order chi connectivity index (χ0) is 14.9. The molecule has 1 aromatic rings. The molecule has 5 heteroatoms. The van der Waals surface area contributed by atoms with Gasteiger partial charge in [-0.05, 0) is 36.8 Å². The summed E-state index contributed by atoms with van der Waals surface area (Å²) in [4.78, 5) is 0. The van der Waals surface area contributed by atoms with Gasteiger partial charge in [0.05, 0.1) is 18.3 Å². The van der Waals surface area contributed by atoms with Crippen molar-refractivity contribution in [3.05, 3.63) is 29.6 Å². The van der Waals surface area contributed by atoms with Crippen LogP contribution in [0.5, 0.6) is 5.75 Å². The van der Waals surface area contributed by atoms with E-state index in [-0.39, 0.29) is 17.5 Å². The van der Waals surface area contributed by atoms with Gasteiger partial charge in [-0.15, -0.1) is 0 Å². The van der Waals surface area contributed by atoms with Gasteiger partial charge in [-0.2, -0.15) is 11.8 Å². The van der Waals surface area contributed by atoms with Gasteiger partial charge in [0.25, 0.3) is 0 Å². The second-order valence-electron chi connectivity index (χ2n) is 5.93. The van der Waals surface area contributed by atoms with Crippen molar-refractivity contribution in [2.45, 2.75) is 44.0 Å². The van der Waals surface area contributed by atoms with Crippen LogP contribution in [0.4, 0.5) is 4.39 Å². The molecular weight excluding hydrogens is 291 g/mol. The van der Waals surface area contributed by atoms with Crippen LogP contribution in [0, 0.1) is 5.82 Å². The van der Waals surface area contributed by atoms with E-state index in [1.165, 1.54) is 6.07 Å². The highest BCUT2D eigenvalue weighted by Crippen LogP contribution is 2.39. The Labute approximate surface area is 128 Å². The van der Waals surface area contributed by atoms with Crippen LogP contribution < -0.4 is 4.74 Å². The van der Waals surface area contributed by atoms with Crippen LogP contribution in [0.25, 0.3) is 0 Å². The highest BCUT2D eigenvalue weighted by atomic mass is 32.2. The van der Waals surface area contributed by atoms with Gasteiger partial charge in [0.15, 0.2) is 11.6 Å². The van der Waals surface area contributed by atoms with Crippen molar-refractivity contribution < 1.29 is 19.0 Å². The molecule has 0 amide bonds. The van der Waals surface area contributed by atoms with E-state index >= 15 is 0 Å². The lowest BCUT2D eigenvalue weighted by atomic mass is 9.91. The van der Waals surface area contributed by atoms with Gasteiger partial charge < -0.3 is 14.6 Å². The molecule has 1 spiro atoms. The highest BCUT2D eigenvalue weighted by Gasteiger charge is 2.41. The molecular formula is C16H21FO3S. The minimum absolute atomic E-state index is 0.00403. The topological polar surface area (TPSA) is 38.7 Å². The maximum atomic E-state index is 14.1. The molecule has 2 aliphatic heterocycles. The molecule has 2 aliphatic rings. The number of hydrogen-bond acceptors (Lipinski definition) is 4. The first-order valence-electron chi connectivity index (χ1n) is 7.44. The molecule has 0 aromatic heterocycles. The van der Waals surface area contributed by atoms with E-state index < -0.39 is 11.9 Å². The molecule has 2 heterocycles. The van der Waals surface area contributed by atoms with Crippen molar-refractivity contribution in [2.24, 2.45) is 0 Å². The molecule has 2 saturated heterocycles. The largest absolute Gasteiger partial charge is 0.487 e. The Morgan fingerprint density at radius 1 is 1.52 bits per heavy atom. The van der Waals surface area contributed by atoms with Crippen molar-refractivity contribution in [1.82, 2.24) is 0 Å². The Balaban J connectivity index is 1.68. The van der Waals surface area contributed by atoms with E-state index in [1.807, 2.05) is 11.8 Å². The van der Waals surface area contributed by atoms with E-state index in [9.17, 15) is 9.50 Å². The van der Waals surface area contributed by atoms with Gasteiger partial charge in [0.1, 0.15) is 6.10 Å². The molecule has 21 heavy (non-hydrogen) atoms. The van der Waals surface area contributed by atoms with Crippen LogP contribution >= 0.6 is 11.8 Å². The second-order valence-corrected chi connectivity index (χ2v) is 7.04. The van der Waals surface area contributed by atoms with Crippen molar-refractivity contribution >= 4 is 11.8 Å². The highest BCUT2D eigenvalue weighted by molar-refractivity contribution is 7.99. The van der Waals surface area contributed by atoms with E-state index in [4.69, 9.17) is 9.47 Å². The van der Waals surface area contributed by atoms with Crippen LogP contribution in [-0.4, -0.2) is 34.9 Å². The Morgan fingerprint density at radius 2 is 2.38 bits per heavy atom. The summed E-state index contributed by atoms with van der Waals surface area (Å²) in [6.07, 6.45) is 2.02. The third kappa shape index (κ3) is 3.35. The molecule has 3 nitrogen and oxygen atoms in total. The van der Waals surface area contributed by atoms with Crippen LogP contribution in [-0.2, 0) is 4.74 Å². The third-order valence-electron chi connectivity index (χ3n) is 4.25. The van der Waals surface area contributed by atoms with Gasteiger partial charge in [-0.25, -0.2) is 4.39 Å². The standard InChI is InChI=1S/C16H21FO3S/c1-11(18)12-2-3-15(14(17)8-12)20-13-4-6-19-16(9-13)5-7-21-10-16/h2-3,8,11,13,18H,4-7,9-10H2,1H3. The lowest BCUT2D eigenvalue weighted by Crippen LogP contribution is -2.43. The van der Waals surface area contributed by atoms with Gasteiger partial charge in [0, 0.05) is 18.6 Å². The minimum Gasteiger partial charge on any atom is -0.487 e. The first-order valence-corrected chi connectivity index (χ1v) is 8.59. The zero-order valence-electron chi connectivity index (χ0n) is 12.2. The summed E-state index contributed by atoms with van der Waals surface area (Å²) in [5, 5.41) is 9.47. The summed E-state index contributed by atoms with van der Waals surface area (Å²) in [5.74, 6) is 2.00. The van der Waals surface area contributed by atoms with Crippen LogP contribution in [0.3, 0.4) is 0 Å². The number of hydrogen-bond donors (Lipinski definition) is 1. The number of ether oxygens (including phenoxy) is 2. The number of thioether (sulfide) groups is 1. The van der Waals surface area contributed by atoms with E-state index in [0.717, 1.165) is 30.8 Å². The molecule has 2 fully saturated rings. The Hall–Kier alpha value is -0.780. The number of aliphatic hydroxyl groups excluding tert-OH is 1. The molecule has 3 unspecified atom stereocenters. The van der Waals surface area contributed by atoms with Gasteiger partial charge >= 0.3 is 0 Å². The van der Waals surface area contributed by atoms with Crippen molar-refractivity contribution in [3.63, 3.8) is 0 Å². The molecule has 0 radical (unpaired) electrons. The van der Waals surface area contributed by atoms with Gasteiger partial charge in [-0.3, -0.25) is 0 Å². The fourth-order valence-corrected chi connectivity index (χ4v) is 4.38. The third-order valence-corrected chi connectivity index (χ3v) is 5.47. The Morgan fingerprint density at radius 3 is 3.05 bits per heavy atom. The lowest BCUT2D eigenvalue weighted by molar-refractivity contribution is -0.0964. The summed E-state index contributed by atoms with van der Waals surface area (Å²) in [7, 11) is 0. The average Bonchev–Trinajstić information content (AvgIpc) is 2.89. The summed E-state index contributed by atoms with van der Waals surface area (Å²) in [6.45, 7) is 2.30. The van der Waals surface area contributed by atoms with Gasteiger partial charge in [0.2, 0.25) is 0 Å². The zero-order valence-corrected chi connectivity index (χ0v) is 13.0. The molecule has 3 atom stereocenters. The van der Waals surface area contributed by atoms with E-state index in [1.54, 1.807) is 19.1 Å². The molecule has 0 bridgehead atoms. The molecule has 0 aliphatic carbocycles. The monoisotopic (exact) mass is 312 g/mol. The Bertz CT molecular complexity index is 500. The normalized spacial score (nSPS) is 30.5. The second kappa shape index (κ2) is 6.15. The Kier molecular flexibility index (Phi) is 4.43. The van der Waals surface area contributed by atoms with E-state index in [0.29, 0.717) is 12.2 Å². The summed E-state index contributed by atoms with van der Waals surface area (Å²) in [6, 6.07) is 4.67. The van der Waals surface area contributed by atoms with Crippen LogP contribution in [0.1, 0.15) is 37.9 Å². The molecule has 116 valence electrons. The van der Waals surface area contributed by atoms with Crippen molar-refractivity contribution in [2.75, 3.05) is 18.1 Å². The summed E-state index contributed by atoms with van der Waals surface area (Å²) >= 11 is 1.91. The fourth-order valence-electron chi connectivity index (χ4n) is 3.00. The SMILES string of the molecule is CC(O)c1ccc(OC2CCOC3(CCSC3)C2)c(F)c1. The summed E-state index contributed by atoms with van der Waals surface area (Å²) < 4.78 is 25.9. The first-order chi connectivity index (χ1) is 10.1. The molecule has 1 N–H and O–H groups in total. The predicted molar refractivity (Wildman–Crippen MR) is 81.3 cm³/mol. The maximum Gasteiger partial charge on any atom is 0.165 e. The number of aliphatic hydroxyl groups is 1. The first kappa shape index (κ1) is 15.1. The number of benzene rings is 1. The quantitative estimate of drug-likeness (QED) is 0.929. The fraction of sp³-hybridized carbons (Fsp3) is 0.625.